The van der Waals surface area contributed by atoms with E-state index in [1.807, 2.05) is 24.3 Å². The van der Waals surface area contributed by atoms with Crippen LogP contribution < -0.4 is 5.19 Å². The van der Waals surface area contributed by atoms with Crippen LogP contribution in [-0.2, 0) is 39.4 Å². The van der Waals surface area contributed by atoms with Gasteiger partial charge in [-0.1, -0.05) is 62.8 Å². The Morgan fingerprint density at radius 2 is 1.60 bits per heavy atom. The first kappa shape index (κ1) is 35.9. The van der Waals surface area contributed by atoms with Gasteiger partial charge in [-0.3, -0.25) is 4.98 Å². The standard InChI is InChI=1S/C25H22N3O.C18H24NSi.Ir/c1-15(2)28-22-10-6-5-9-21(22)27-24(28)18-12-20-19-11-16-7-3-4-8-17(16)13-23(19)29-25(20)26-14-18;1-14(2)11-16-12-17(15-9-7-6-8-10-15)19-13-18(16)20(3,4)5;/h5-6,9-13,15H,3-4,7-8H2,1-2H3;6-9,12-14H,11H2,1-5H3;/q2*-1;. The minimum atomic E-state index is -1.34. The van der Waals surface area contributed by atoms with Gasteiger partial charge in [0, 0.05) is 37.7 Å². The number of rotatable bonds is 6. The molecule has 0 atom stereocenters. The van der Waals surface area contributed by atoms with Crippen LogP contribution in [0.2, 0.25) is 19.6 Å². The normalized spacial score (nSPS) is 13.1. The molecule has 3 aromatic carbocycles. The summed E-state index contributed by atoms with van der Waals surface area (Å²) in [5, 5.41) is 3.69. The van der Waals surface area contributed by atoms with Crippen LogP contribution in [0.5, 0.6) is 0 Å². The molecule has 4 aromatic heterocycles. The minimum Gasteiger partial charge on any atom is -0.483 e. The van der Waals surface area contributed by atoms with Crippen molar-refractivity contribution in [3.63, 3.8) is 0 Å². The Balaban J connectivity index is 0.000000182. The van der Waals surface area contributed by atoms with Crippen molar-refractivity contribution in [1.29, 1.82) is 0 Å². The van der Waals surface area contributed by atoms with Crippen molar-refractivity contribution in [3.8, 4) is 22.6 Å². The van der Waals surface area contributed by atoms with E-state index < -0.39 is 8.07 Å². The maximum atomic E-state index is 6.08. The van der Waals surface area contributed by atoms with Gasteiger partial charge in [-0.2, -0.15) is 0 Å². The number of para-hydroxylation sites is 2. The summed E-state index contributed by atoms with van der Waals surface area (Å²) in [5.41, 5.74) is 11.1. The number of fused-ring (bicyclic) bond motifs is 5. The number of imidazole rings is 1. The largest absolute Gasteiger partial charge is 0.483 e. The molecule has 7 aromatic rings. The predicted molar refractivity (Wildman–Crippen MR) is 206 cm³/mol. The summed E-state index contributed by atoms with van der Waals surface area (Å²) in [6, 6.07) is 28.8. The van der Waals surface area contributed by atoms with Crippen molar-refractivity contribution in [3.05, 3.63) is 108 Å². The third kappa shape index (κ3) is 7.28. The van der Waals surface area contributed by atoms with Gasteiger partial charge in [-0.05, 0) is 110 Å². The van der Waals surface area contributed by atoms with Gasteiger partial charge >= 0.3 is 0 Å². The zero-order valence-corrected chi connectivity index (χ0v) is 33.6. The molecule has 0 bridgehead atoms. The first-order valence-electron chi connectivity index (χ1n) is 17.8. The molecule has 1 aliphatic rings. The van der Waals surface area contributed by atoms with E-state index in [2.05, 4.69) is 129 Å². The summed E-state index contributed by atoms with van der Waals surface area (Å²) in [4.78, 5) is 14.1. The summed E-state index contributed by atoms with van der Waals surface area (Å²) in [6.45, 7) is 16.1. The molecule has 259 valence electrons. The molecular weight excluding hydrogens is 809 g/mol. The summed E-state index contributed by atoms with van der Waals surface area (Å²) in [6.07, 6.45) is 11.3. The topological polar surface area (TPSA) is 56.7 Å². The van der Waals surface area contributed by atoms with Crippen molar-refractivity contribution < 1.29 is 24.5 Å². The van der Waals surface area contributed by atoms with E-state index in [1.165, 1.54) is 34.7 Å². The van der Waals surface area contributed by atoms with Crippen molar-refractivity contribution in [2.45, 2.75) is 85.5 Å². The fourth-order valence-corrected chi connectivity index (χ4v) is 8.78. The molecule has 8 rings (SSSR count). The van der Waals surface area contributed by atoms with Gasteiger partial charge in [0.15, 0.2) is 0 Å². The van der Waals surface area contributed by atoms with Crippen LogP contribution in [0.25, 0.3) is 55.7 Å². The number of benzene rings is 3. The monoisotopic (exact) mass is 855 g/mol. The number of aromatic nitrogens is 4. The first-order valence-corrected chi connectivity index (χ1v) is 21.3. The van der Waals surface area contributed by atoms with Crippen molar-refractivity contribution in [2.75, 3.05) is 0 Å². The van der Waals surface area contributed by atoms with E-state index in [-0.39, 0.29) is 26.1 Å². The third-order valence-electron chi connectivity index (χ3n) is 9.50. The van der Waals surface area contributed by atoms with Crippen LogP contribution in [0, 0.1) is 18.2 Å². The molecular formula is C43H46IrN4OSi-2. The van der Waals surface area contributed by atoms with Gasteiger partial charge in [0.05, 0.1) is 24.9 Å². The van der Waals surface area contributed by atoms with Gasteiger partial charge in [0.25, 0.3) is 0 Å². The average molecular weight is 855 g/mol. The van der Waals surface area contributed by atoms with E-state index in [0.29, 0.717) is 11.6 Å². The second-order valence-electron chi connectivity index (χ2n) is 15.2. The number of nitrogens with zero attached hydrogens (tertiary/aromatic N) is 4. The van der Waals surface area contributed by atoms with E-state index in [9.17, 15) is 0 Å². The Hall–Kier alpha value is -3.90. The zero-order valence-electron chi connectivity index (χ0n) is 30.2. The van der Waals surface area contributed by atoms with Gasteiger partial charge < -0.3 is 19.0 Å². The van der Waals surface area contributed by atoms with E-state index >= 15 is 0 Å². The predicted octanol–water partition coefficient (Wildman–Crippen LogP) is 10.5. The van der Waals surface area contributed by atoms with Crippen molar-refractivity contribution in [1.82, 2.24) is 19.5 Å². The third-order valence-corrected chi connectivity index (χ3v) is 11.6. The second kappa shape index (κ2) is 14.8. The number of pyridine rings is 2. The van der Waals surface area contributed by atoms with E-state index in [1.54, 1.807) is 0 Å². The van der Waals surface area contributed by atoms with Gasteiger partial charge in [-0.15, -0.1) is 42.0 Å². The molecule has 7 heteroatoms. The molecule has 5 nitrogen and oxygen atoms in total. The van der Waals surface area contributed by atoms with Crippen LogP contribution in [0.15, 0.2) is 83.4 Å². The quantitative estimate of drug-likeness (QED) is 0.124. The molecule has 0 saturated heterocycles. The van der Waals surface area contributed by atoms with Crippen LogP contribution in [0.3, 0.4) is 0 Å². The molecule has 0 saturated carbocycles. The number of hydrogen-bond donors (Lipinski definition) is 0. The summed E-state index contributed by atoms with van der Waals surface area (Å²) < 4.78 is 8.34. The van der Waals surface area contributed by atoms with E-state index in [4.69, 9.17) is 9.40 Å². The van der Waals surface area contributed by atoms with Crippen LogP contribution >= 0.6 is 0 Å². The van der Waals surface area contributed by atoms with Crippen molar-refractivity contribution >= 4 is 46.4 Å². The number of hydrogen-bond acceptors (Lipinski definition) is 4. The SMILES string of the molecule is CC(C)Cc1cc(-c2[c-]cccc2)ncc1[Si](C)(C)C.CC(C)n1c(-c2[c-]nc3oc4cc5c(cc4c3c2)CCCC5)nc2ccccc21.[Ir]. The Morgan fingerprint density at radius 1 is 0.860 bits per heavy atom. The molecule has 0 aliphatic heterocycles. The van der Waals surface area contributed by atoms with Gasteiger partial charge in [0.1, 0.15) is 11.3 Å². The molecule has 0 amide bonds. The van der Waals surface area contributed by atoms with Gasteiger partial charge in [0.2, 0.25) is 0 Å². The second-order valence-corrected chi connectivity index (χ2v) is 20.2. The summed E-state index contributed by atoms with van der Waals surface area (Å²) in [5.74, 6) is 1.57. The molecule has 0 fully saturated rings. The smallest absolute Gasteiger partial charge is 0.141 e. The van der Waals surface area contributed by atoms with Crippen LogP contribution in [0.1, 0.15) is 63.3 Å². The first-order chi connectivity index (χ1) is 23.6. The Kier molecular flexibility index (Phi) is 10.6. The van der Waals surface area contributed by atoms with Gasteiger partial charge in [-0.25, -0.2) is 0 Å². The average Bonchev–Trinajstić information content (AvgIpc) is 3.65. The molecule has 1 aliphatic carbocycles. The number of aryl methyl sites for hydroxylation is 2. The molecule has 1 radical (unpaired) electrons. The maximum Gasteiger partial charge on any atom is 0.141 e. The van der Waals surface area contributed by atoms with Crippen LogP contribution in [0.4, 0.5) is 0 Å². The number of furan rings is 1. The Bertz CT molecular complexity index is 2260. The zero-order chi connectivity index (χ0) is 34.3. The van der Waals surface area contributed by atoms with Crippen molar-refractivity contribution in [2.24, 2.45) is 5.92 Å². The molecule has 0 unspecified atom stereocenters. The Labute approximate surface area is 310 Å². The molecule has 4 heterocycles. The fraction of sp³-hybridized carbons (Fsp3) is 0.326. The maximum absolute atomic E-state index is 6.08. The fourth-order valence-electron chi connectivity index (χ4n) is 7.20. The van der Waals surface area contributed by atoms with Crippen LogP contribution in [-0.4, -0.2) is 27.6 Å². The summed E-state index contributed by atoms with van der Waals surface area (Å²) >= 11 is 0. The van der Waals surface area contributed by atoms with E-state index in [0.717, 1.165) is 69.3 Å². The Morgan fingerprint density at radius 3 is 2.30 bits per heavy atom. The molecule has 50 heavy (non-hydrogen) atoms. The molecule has 0 N–H and O–H groups in total. The molecule has 0 spiro atoms. The summed E-state index contributed by atoms with van der Waals surface area (Å²) in [7, 11) is -1.34. The minimum absolute atomic E-state index is 0.